The van der Waals surface area contributed by atoms with E-state index in [4.69, 9.17) is 0 Å². The number of nitrogens with zero attached hydrogens (tertiary/aromatic N) is 3. The van der Waals surface area contributed by atoms with Gasteiger partial charge in [-0.25, -0.2) is 4.98 Å². The maximum absolute atomic E-state index is 10.8. The van der Waals surface area contributed by atoms with Crippen LogP contribution in [0.4, 0.5) is 11.4 Å². The van der Waals surface area contributed by atoms with Crippen LogP contribution in [-0.2, 0) is 13.6 Å². The summed E-state index contributed by atoms with van der Waals surface area (Å²) in [5.41, 5.74) is 0.185. The Morgan fingerprint density at radius 2 is 2.33 bits per heavy atom. The Hall–Kier alpha value is -2.57. The maximum atomic E-state index is 10.8. The van der Waals surface area contributed by atoms with Crippen molar-refractivity contribution in [3.8, 4) is 5.75 Å². The van der Waals surface area contributed by atoms with Gasteiger partial charge >= 0.3 is 0 Å². The van der Waals surface area contributed by atoms with Crippen molar-refractivity contribution in [3.63, 3.8) is 0 Å². The number of rotatable bonds is 4. The number of nitrogens with one attached hydrogen (secondary N) is 1. The predicted octanol–water partition coefficient (Wildman–Crippen LogP) is 1.65. The van der Waals surface area contributed by atoms with Crippen LogP contribution in [0.25, 0.3) is 0 Å². The summed E-state index contributed by atoms with van der Waals surface area (Å²) in [6.07, 6.45) is 3.45. The van der Waals surface area contributed by atoms with E-state index in [9.17, 15) is 15.2 Å². The number of phenolic OH excluding ortho intramolecular Hbond substituents is 1. The van der Waals surface area contributed by atoms with Crippen LogP contribution in [0.5, 0.6) is 5.75 Å². The maximum Gasteiger partial charge on any atom is 0.296 e. The third-order valence-electron chi connectivity index (χ3n) is 2.54. The smallest absolute Gasteiger partial charge is 0.296 e. The van der Waals surface area contributed by atoms with Gasteiger partial charge in [0.25, 0.3) is 5.69 Å². The number of imidazole rings is 1. The molecule has 2 rings (SSSR count). The number of aryl methyl sites for hydroxylation is 1. The molecule has 1 aromatic carbocycles. The first-order chi connectivity index (χ1) is 8.58. The van der Waals surface area contributed by atoms with Crippen molar-refractivity contribution >= 4 is 11.4 Å². The highest BCUT2D eigenvalue weighted by molar-refractivity contribution is 5.63. The summed E-state index contributed by atoms with van der Waals surface area (Å²) < 4.78 is 1.82. The van der Waals surface area contributed by atoms with Gasteiger partial charge in [-0.15, -0.1) is 0 Å². The Labute approximate surface area is 103 Å². The number of hydrogen-bond acceptors (Lipinski definition) is 5. The molecule has 0 radical (unpaired) electrons. The quantitative estimate of drug-likeness (QED) is 0.487. The van der Waals surface area contributed by atoms with Crippen molar-refractivity contribution in [2.45, 2.75) is 6.54 Å². The Bertz CT molecular complexity index is 579. The third-order valence-corrected chi connectivity index (χ3v) is 2.54. The lowest BCUT2D eigenvalue weighted by molar-refractivity contribution is -0.384. The summed E-state index contributed by atoms with van der Waals surface area (Å²) in [5.74, 6) is 0.626. The Balaban J connectivity index is 2.19. The zero-order valence-corrected chi connectivity index (χ0v) is 9.70. The second-order valence-corrected chi connectivity index (χ2v) is 3.77. The van der Waals surface area contributed by atoms with Crippen molar-refractivity contribution in [3.05, 3.63) is 46.5 Å². The zero-order valence-electron chi connectivity index (χ0n) is 9.70. The van der Waals surface area contributed by atoms with Gasteiger partial charge in [0.1, 0.15) is 17.3 Å². The number of phenols is 1. The molecule has 1 heterocycles. The second kappa shape index (κ2) is 4.74. The van der Waals surface area contributed by atoms with Crippen LogP contribution in [0.1, 0.15) is 5.82 Å². The third kappa shape index (κ3) is 2.40. The predicted molar refractivity (Wildman–Crippen MR) is 65.3 cm³/mol. The molecule has 0 fully saturated rings. The molecule has 2 aromatic rings. The lowest BCUT2D eigenvalue weighted by Crippen LogP contribution is -2.07. The normalized spacial score (nSPS) is 10.3. The lowest BCUT2D eigenvalue weighted by Gasteiger charge is -2.07. The van der Waals surface area contributed by atoms with Crippen molar-refractivity contribution in [1.29, 1.82) is 0 Å². The van der Waals surface area contributed by atoms with E-state index >= 15 is 0 Å². The standard InChI is InChI=1S/C11H12N4O3/c1-14-5-4-12-11(14)7-13-9-3-2-8(16)6-10(9)15(17)18/h2-6,13,16H,7H2,1H3. The van der Waals surface area contributed by atoms with Crippen molar-refractivity contribution in [2.24, 2.45) is 7.05 Å². The van der Waals surface area contributed by atoms with Crippen LogP contribution in [0.3, 0.4) is 0 Å². The number of aromatic hydroxyl groups is 1. The van der Waals surface area contributed by atoms with Crippen LogP contribution < -0.4 is 5.32 Å². The monoisotopic (exact) mass is 248 g/mol. The zero-order chi connectivity index (χ0) is 13.1. The fraction of sp³-hybridized carbons (Fsp3) is 0.182. The van der Waals surface area contributed by atoms with Gasteiger partial charge in [-0.1, -0.05) is 0 Å². The Kier molecular flexibility index (Phi) is 3.13. The molecule has 94 valence electrons. The number of anilines is 1. The van der Waals surface area contributed by atoms with E-state index in [0.29, 0.717) is 12.2 Å². The minimum Gasteiger partial charge on any atom is -0.508 e. The van der Waals surface area contributed by atoms with Gasteiger partial charge < -0.3 is 15.0 Å². The van der Waals surface area contributed by atoms with E-state index in [2.05, 4.69) is 10.3 Å². The van der Waals surface area contributed by atoms with Crippen LogP contribution in [0, 0.1) is 10.1 Å². The minimum absolute atomic E-state index is 0.135. The molecule has 0 aliphatic carbocycles. The summed E-state index contributed by atoms with van der Waals surface area (Å²) in [5, 5.41) is 23.0. The highest BCUT2D eigenvalue weighted by Gasteiger charge is 2.14. The molecular weight excluding hydrogens is 236 g/mol. The molecule has 0 aliphatic rings. The highest BCUT2D eigenvalue weighted by Crippen LogP contribution is 2.28. The summed E-state index contributed by atoms with van der Waals surface area (Å²) in [6.45, 7) is 0.370. The second-order valence-electron chi connectivity index (χ2n) is 3.77. The molecule has 0 aliphatic heterocycles. The molecule has 0 unspecified atom stereocenters. The SMILES string of the molecule is Cn1ccnc1CNc1ccc(O)cc1[N+](=O)[O-]. The van der Waals surface area contributed by atoms with Gasteiger partial charge in [0.2, 0.25) is 0 Å². The molecule has 0 amide bonds. The average Bonchev–Trinajstić information content (AvgIpc) is 2.73. The van der Waals surface area contributed by atoms with E-state index < -0.39 is 4.92 Å². The van der Waals surface area contributed by atoms with E-state index in [-0.39, 0.29) is 11.4 Å². The van der Waals surface area contributed by atoms with Crippen molar-refractivity contribution in [2.75, 3.05) is 5.32 Å². The first kappa shape index (κ1) is 11.9. The summed E-state index contributed by atoms with van der Waals surface area (Å²) in [7, 11) is 1.84. The van der Waals surface area contributed by atoms with E-state index in [1.165, 1.54) is 12.1 Å². The first-order valence-electron chi connectivity index (χ1n) is 5.25. The first-order valence-corrected chi connectivity index (χ1v) is 5.25. The number of nitro benzene ring substituents is 1. The van der Waals surface area contributed by atoms with E-state index in [1.54, 1.807) is 12.4 Å². The number of benzene rings is 1. The fourth-order valence-corrected chi connectivity index (χ4v) is 1.56. The number of hydrogen-bond donors (Lipinski definition) is 2. The van der Waals surface area contributed by atoms with E-state index in [0.717, 1.165) is 11.9 Å². The van der Waals surface area contributed by atoms with Crippen LogP contribution in [-0.4, -0.2) is 19.6 Å². The van der Waals surface area contributed by atoms with Gasteiger partial charge in [0, 0.05) is 19.4 Å². The Morgan fingerprint density at radius 3 is 2.94 bits per heavy atom. The molecule has 18 heavy (non-hydrogen) atoms. The molecule has 0 atom stereocenters. The summed E-state index contributed by atoms with van der Waals surface area (Å²) >= 11 is 0. The average molecular weight is 248 g/mol. The van der Waals surface area contributed by atoms with Gasteiger partial charge in [-0.05, 0) is 12.1 Å². The van der Waals surface area contributed by atoms with Crippen LogP contribution >= 0.6 is 0 Å². The Morgan fingerprint density at radius 1 is 1.56 bits per heavy atom. The highest BCUT2D eigenvalue weighted by atomic mass is 16.6. The van der Waals surface area contributed by atoms with Crippen molar-refractivity contribution in [1.82, 2.24) is 9.55 Å². The molecule has 7 nitrogen and oxygen atoms in total. The summed E-state index contributed by atoms with van der Waals surface area (Å²) in [4.78, 5) is 14.4. The van der Waals surface area contributed by atoms with E-state index in [1.807, 2.05) is 11.6 Å². The van der Waals surface area contributed by atoms with Gasteiger partial charge in [-0.2, -0.15) is 0 Å². The fourth-order valence-electron chi connectivity index (χ4n) is 1.56. The van der Waals surface area contributed by atoms with Gasteiger partial charge in [0.05, 0.1) is 17.5 Å². The molecule has 0 spiro atoms. The number of nitro groups is 1. The molecule has 2 N–H and O–H groups in total. The molecule has 0 saturated carbocycles. The topological polar surface area (TPSA) is 93.2 Å². The molecule has 1 aromatic heterocycles. The van der Waals surface area contributed by atoms with Gasteiger partial charge in [0.15, 0.2) is 0 Å². The largest absolute Gasteiger partial charge is 0.508 e. The molecule has 7 heteroatoms. The molecule has 0 bridgehead atoms. The minimum atomic E-state index is -0.541. The van der Waals surface area contributed by atoms with Gasteiger partial charge in [-0.3, -0.25) is 10.1 Å². The molecule has 0 saturated heterocycles. The number of aromatic nitrogens is 2. The van der Waals surface area contributed by atoms with Crippen molar-refractivity contribution < 1.29 is 10.0 Å². The van der Waals surface area contributed by atoms with Crippen LogP contribution in [0.15, 0.2) is 30.6 Å². The van der Waals surface area contributed by atoms with Crippen LogP contribution in [0.2, 0.25) is 0 Å². The molecular formula is C11H12N4O3. The summed E-state index contributed by atoms with van der Waals surface area (Å²) in [6, 6.07) is 3.98. The lowest BCUT2D eigenvalue weighted by atomic mass is 10.2.